The number of rotatable bonds is 1. The van der Waals surface area contributed by atoms with Crippen molar-refractivity contribution >= 4 is 5.57 Å². The van der Waals surface area contributed by atoms with Crippen molar-refractivity contribution in [3.63, 3.8) is 0 Å². The van der Waals surface area contributed by atoms with Gasteiger partial charge >= 0.3 is 0 Å². The van der Waals surface area contributed by atoms with Gasteiger partial charge in [0.15, 0.2) is 0 Å². The van der Waals surface area contributed by atoms with Crippen LogP contribution in [0.3, 0.4) is 0 Å². The molecule has 1 aliphatic heterocycles. The van der Waals surface area contributed by atoms with Gasteiger partial charge in [0.1, 0.15) is 0 Å². The quantitative estimate of drug-likeness (QED) is 0.697. The molecule has 0 spiro atoms. The van der Waals surface area contributed by atoms with E-state index in [1.54, 1.807) is 0 Å². The van der Waals surface area contributed by atoms with Crippen molar-refractivity contribution in [3.05, 3.63) is 42.1 Å². The second-order valence-corrected chi connectivity index (χ2v) is 3.19. The van der Waals surface area contributed by atoms with Crippen LogP contribution in [0.5, 0.6) is 0 Å². The predicted octanol–water partition coefficient (Wildman–Crippen LogP) is 1.58. The zero-order valence-corrected chi connectivity index (χ0v) is 7.75. The summed E-state index contributed by atoms with van der Waals surface area (Å²) in [5.74, 6) is 0. The van der Waals surface area contributed by atoms with Crippen LogP contribution in [0.25, 0.3) is 5.57 Å². The van der Waals surface area contributed by atoms with Crippen molar-refractivity contribution in [2.45, 2.75) is 6.92 Å². The van der Waals surface area contributed by atoms with E-state index in [9.17, 15) is 0 Å². The highest BCUT2D eigenvalue weighted by molar-refractivity contribution is 5.70. The number of pyridine rings is 1. The van der Waals surface area contributed by atoms with E-state index in [1.807, 2.05) is 19.1 Å². The number of hydrogen-bond donors (Lipinski definition) is 1. The number of nitrogens with one attached hydrogen (secondary N) is 1. The molecular formula is C11H13N2. The summed E-state index contributed by atoms with van der Waals surface area (Å²) in [6, 6.07) is 6.13. The van der Waals surface area contributed by atoms with Gasteiger partial charge in [-0.25, -0.2) is 0 Å². The van der Waals surface area contributed by atoms with E-state index in [0.717, 1.165) is 24.5 Å². The summed E-state index contributed by atoms with van der Waals surface area (Å²) in [5, 5.41) is 3.24. The molecule has 0 saturated carbocycles. The Labute approximate surface area is 78.7 Å². The molecule has 0 aliphatic carbocycles. The van der Waals surface area contributed by atoms with Gasteiger partial charge in [0.05, 0.1) is 5.69 Å². The van der Waals surface area contributed by atoms with Gasteiger partial charge < -0.3 is 5.32 Å². The molecule has 2 heterocycles. The molecule has 0 amide bonds. The van der Waals surface area contributed by atoms with Crippen LogP contribution in [0.4, 0.5) is 0 Å². The molecule has 1 aromatic heterocycles. The van der Waals surface area contributed by atoms with E-state index < -0.39 is 0 Å². The Kier molecular flexibility index (Phi) is 2.41. The smallest absolute Gasteiger partial charge is 0.0665 e. The van der Waals surface area contributed by atoms with Gasteiger partial charge in [-0.15, -0.1) is 0 Å². The molecule has 2 nitrogen and oxygen atoms in total. The molecule has 1 aliphatic rings. The third-order valence-electron chi connectivity index (χ3n) is 2.12. The molecule has 67 valence electrons. The molecule has 0 fully saturated rings. The molecular weight excluding hydrogens is 160 g/mol. The van der Waals surface area contributed by atoms with Crippen molar-refractivity contribution in [2.24, 2.45) is 0 Å². The molecule has 0 atom stereocenters. The lowest BCUT2D eigenvalue weighted by Crippen LogP contribution is -2.20. The SMILES string of the molecule is Cc1cccc(C2=CCNC[CH]2)n1. The fourth-order valence-electron chi connectivity index (χ4n) is 1.44. The Balaban J connectivity index is 2.29. The van der Waals surface area contributed by atoms with Crippen molar-refractivity contribution in [1.29, 1.82) is 0 Å². The van der Waals surface area contributed by atoms with E-state index in [2.05, 4.69) is 28.9 Å². The highest BCUT2D eigenvalue weighted by Crippen LogP contribution is 2.16. The van der Waals surface area contributed by atoms with Crippen molar-refractivity contribution < 1.29 is 0 Å². The Morgan fingerprint density at radius 1 is 1.31 bits per heavy atom. The second kappa shape index (κ2) is 3.71. The summed E-state index contributed by atoms with van der Waals surface area (Å²) in [5.41, 5.74) is 3.41. The van der Waals surface area contributed by atoms with Crippen molar-refractivity contribution in [2.75, 3.05) is 13.1 Å². The summed E-state index contributed by atoms with van der Waals surface area (Å²) in [4.78, 5) is 4.47. The summed E-state index contributed by atoms with van der Waals surface area (Å²) in [7, 11) is 0. The van der Waals surface area contributed by atoms with Gasteiger partial charge in [-0.2, -0.15) is 0 Å². The first kappa shape index (κ1) is 8.45. The minimum Gasteiger partial charge on any atom is -0.313 e. The van der Waals surface area contributed by atoms with Crippen LogP contribution in [-0.4, -0.2) is 18.1 Å². The largest absolute Gasteiger partial charge is 0.313 e. The minimum atomic E-state index is 0.946. The summed E-state index contributed by atoms with van der Waals surface area (Å²) < 4.78 is 0. The zero-order valence-electron chi connectivity index (χ0n) is 7.75. The molecule has 13 heavy (non-hydrogen) atoms. The second-order valence-electron chi connectivity index (χ2n) is 3.19. The van der Waals surface area contributed by atoms with E-state index in [-0.39, 0.29) is 0 Å². The van der Waals surface area contributed by atoms with Gasteiger partial charge in [0.25, 0.3) is 0 Å². The molecule has 1 aromatic rings. The van der Waals surface area contributed by atoms with Gasteiger partial charge in [-0.1, -0.05) is 12.1 Å². The first-order valence-corrected chi connectivity index (χ1v) is 4.54. The molecule has 2 rings (SSSR count). The van der Waals surface area contributed by atoms with E-state index in [0.29, 0.717) is 0 Å². The molecule has 0 saturated heterocycles. The van der Waals surface area contributed by atoms with Crippen molar-refractivity contribution in [1.82, 2.24) is 10.3 Å². The van der Waals surface area contributed by atoms with Crippen LogP contribution in [0.1, 0.15) is 11.4 Å². The number of nitrogens with zero attached hydrogens (tertiary/aromatic N) is 1. The zero-order chi connectivity index (χ0) is 9.10. The number of hydrogen-bond acceptors (Lipinski definition) is 2. The lowest BCUT2D eigenvalue weighted by molar-refractivity contribution is 0.805. The van der Waals surface area contributed by atoms with E-state index in [1.165, 1.54) is 5.57 Å². The molecule has 1 radical (unpaired) electrons. The Hall–Kier alpha value is -1.15. The Bertz CT molecular complexity index is 329. The normalized spacial score (nSPS) is 16.8. The van der Waals surface area contributed by atoms with Crippen LogP contribution >= 0.6 is 0 Å². The van der Waals surface area contributed by atoms with Gasteiger partial charge in [0.2, 0.25) is 0 Å². The lowest BCUT2D eigenvalue weighted by Gasteiger charge is -2.13. The minimum absolute atomic E-state index is 0.946. The third kappa shape index (κ3) is 1.95. The van der Waals surface area contributed by atoms with Crippen molar-refractivity contribution in [3.8, 4) is 0 Å². The van der Waals surface area contributed by atoms with Gasteiger partial charge in [-0.3, -0.25) is 4.98 Å². The number of aromatic nitrogens is 1. The molecule has 0 unspecified atom stereocenters. The van der Waals surface area contributed by atoms with Crippen LogP contribution in [0.15, 0.2) is 24.3 Å². The molecule has 0 aromatic carbocycles. The van der Waals surface area contributed by atoms with Crippen LogP contribution < -0.4 is 5.32 Å². The monoisotopic (exact) mass is 173 g/mol. The fourth-order valence-corrected chi connectivity index (χ4v) is 1.44. The first-order valence-electron chi connectivity index (χ1n) is 4.54. The van der Waals surface area contributed by atoms with Crippen LogP contribution in [0, 0.1) is 13.3 Å². The average Bonchev–Trinajstić information content (AvgIpc) is 2.19. The fraction of sp³-hybridized carbons (Fsp3) is 0.273. The maximum absolute atomic E-state index is 4.47. The van der Waals surface area contributed by atoms with Crippen LogP contribution in [-0.2, 0) is 0 Å². The first-order chi connectivity index (χ1) is 6.36. The number of aryl methyl sites for hydroxylation is 1. The third-order valence-corrected chi connectivity index (χ3v) is 2.12. The van der Waals surface area contributed by atoms with Gasteiger partial charge in [-0.05, 0) is 24.6 Å². The maximum Gasteiger partial charge on any atom is 0.0665 e. The highest BCUT2D eigenvalue weighted by Gasteiger charge is 2.06. The van der Waals surface area contributed by atoms with Gasteiger partial charge in [0, 0.05) is 25.2 Å². The summed E-state index contributed by atoms with van der Waals surface area (Å²) in [6.07, 6.45) is 4.34. The van der Waals surface area contributed by atoms with E-state index in [4.69, 9.17) is 0 Å². The molecule has 1 N–H and O–H groups in total. The standard InChI is InChI=1S/C11H13N2/c1-9-3-2-4-11(13-9)10-5-7-12-8-6-10/h2-6,12H,7-8H2,1H3. The predicted molar refractivity (Wildman–Crippen MR) is 54.1 cm³/mol. The lowest BCUT2D eigenvalue weighted by atomic mass is 10.1. The highest BCUT2D eigenvalue weighted by atomic mass is 14.9. The average molecular weight is 173 g/mol. The maximum atomic E-state index is 4.47. The topological polar surface area (TPSA) is 24.9 Å². The van der Waals surface area contributed by atoms with Crippen LogP contribution in [0.2, 0.25) is 0 Å². The summed E-state index contributed by atoms with van der Waals surface area (Å²) in [6.45, 7) is 3.91. The Morgan fingerprint density at radius 2 is 2.23 bits per heavy atom. The van der Waals surface area contributed by atoms with E-state index >= 15 is 0 Å². The molecule has 2 heteroatoms. The summed E-state index contributed by atoms with van der Waals surface area (Å²) >= 11 is 0. The molecule has 0 bridgehead atoms. The Morgan fingerprint density at radius 3 is 2.92 bits per heavy atom.